The number of rotatable bonds is 10. The number of carbonyl (C=O) groups excluding carboxylic acids is 3. The largest absolute Gasteiger partial charge is 0.368 e. The van der Waals surface area contributed by atoms with Crippen LogP contribution in [-0.4, -0.2) is 29.8 Å². The Bertz CT molecular complexity index is 471. The molecular formula is C20H37N3O3. The Kier molecular flexibility index (Phi) is 9.66. The van der Waals surface area contributed by atoms with Crippen molar-refractivity contribution in [3.05, 3.63) is 0 Å². The highest BCUT2D eigenvalue weighted by molar-refractivity contribution is 5.91. The Hall–Kier alpha value is -1.59. The van der Waals surface area contributed by atoms with Gasteiger partial charge in [0.2, 0.25) is 17.7 Å². The molecule has 4 N–H and O–H groups in total. The number of carbonyl (C=O) groups is 3. The maximum Gasteiger partial charge on any atom is 0.243 e. The van der Waals surface area contributed by atoms with E-state index in [-0.39, 0.29) is 23.7 Å². The lowest BCUT2D eigenvalue weighted by atomic mass is 9.84. The van der Waals surface area contributed by atoms with E-state index in [1.54, 1.807) is 0 Å². The second kappa shape index (κ2) is 11.2. The van der Waals surface area contributed by atoms with Crippen LogP contribution in [0.1, 0.15) is 79.1 Å². The quantitative estimate of drug-likeness (QED) is 0.553. The summed E-state index contributed by atoms with van der Waals surface area (Å²) in [6.07, 6.45) is 7.25. The lowest BCUT2D eigenvalue weighted by Crippen LogP contribution is -2.53. The van der Waals surface area contributed by atoms with Crippen molar-refractivity contribution in [1.82, 2.24) is 10.6 Å². The van der Waals surface area contributed by atoms with Gasteiger partial charge < -0.3 is 16.4 Å². The van der Waals surface area contributed by atoms with Gasteiger partial charge in [0.05, 0.1) is 0 Å². The first-order valence-corrected chi connectivity index (χ1v) is 10.1. The van der Waals surface area contributed by atoms with Gasteiger partial charge in [0.15, 0.2) is 0 Å². The SMILES string of the molecule is CC(C)CC(=O)NC(CC(C)C)C(=O)NC(CC1CCCCC1)C(N)=O. The Morgan fingerprint density at radius 1 is 0.923 bits per heavy atom. The average Bonchev–Trinajstić information content (AvgIpc) is 2.53. The van der Waals surface area contributed by atoms with Crippen LogP contribution in [0, 0.1) is 17.8 Å². The fourth-order valence-electron chi connectivity index (χ4n) is 3.60. The maximum absolute atomic E-state index is 12.7. The third-order valence-corrected chi connectivity index (χ3v) is 4.91. The molecule has 1 fully saturated rings. The molecule has 0 aromatic carbocycles. The molecule has 0 aliphatic heterocycles. The van der Waals surface area contributed by atoms with Crippen LogP contribution in [0.25, 0.3) is 0 Å². The summed E-state index contributed by atoms with van der Waals surface area (Å²) >= 11 is 0. The molecule has 3 amide bonds. The van der Waals surface area contributed by atoms with Crippen LogP contribution in [0.2, 0.25) is 0 Å². The third-order valence-electron chi connectivity index (χ3n) is 4.91. The molecule has 6 heteroatoms. The van der Waals surface area contributed by atoms with Crippen molar-refractivity contribution in [2.45, 2.75) is 91.1 Å². The highest BCUT2D eigenvalue weighted by Gasteiger charge is 2.28. The fraction of sp³-hybridized carbons (Fsp3) is 0.850. The molecule has 0 spiro atoms. The Morgan fingerprint density at radius 3 is 2.04 bits per heavy atom. The monoisotopic (exact) mass is 367 g/mol. The summed E-state index contributed by atoms with van der Waals surface area (Å²) in [5.74, 6) is -0.0432. The lowest BCUT2D eigenvalue weighted by Gasteiger charge is -2.27. The van der Waals surface area contributed by atoms with E-state index in [0.717, 1.165) is 12.8 Å². The first kappa shape index (κ1) is 22.5. The van der Waals surface area contributed by atoms with E-state index in [4.69, 9.17) is 5.73 Å². The van der Waals surface area contributed by atoms with E-state index >= 15 is 0 Å². The van der Waals surface area contributed by atoms with Crippen molar-refractivity contribution in [3.8, 4) is 0 Å². The smallest absolute Gasteiger partial charge is 0.243 e. The van der Waals surface area contributed by atoms with Gasteiger partial charge in [-0.3, -0.25) is 14.4 Å². The van der Waals surface area contributed by atoms with Crippen LogP contribution >= 0.6 is 0 Å². The molecule has 0 saturated heterocycles. The normalized spacial score (nSPS) is 17.8. The number of primary amides is 1. The Balaban J connectivity index is 2.70. The molecule has 1 rings (SSSR count). The summed E-state index contributed by atoms with van der Waals surface area (Å²) in [5, 5.41) is 5.62. The first-order valence-electron chi connectivity index (χ1n) is 10.1. The summed E-state index contributed by atoms with van der Waals surface area (Å²) in [6, 6.07) is -1.29. The van der Waals surface area contributed by atoms with Crippen LogP contribution in [-0.2, 0) is 14.4 Å². The summed E-state index contributed by atoms with van der Waals surface area (Å²) in [7, 11) is 0. The van der Waals surface area contributed by atoms with Gasteiger partial charge in [-0.05, 0) is 30.6 Å². The van der Waals surface area contributed by atoms with Crippen molar-refractivity contribution in [1.29, 1.82) is 0 Å². The number of nitrogens with two attached hydrogens (primary N) is 1. The zero-order valence-corrected chi connectivity index (χ0v) is 16.8. The molecule has 0 heterocycles. The molecule has 2 unspecified atom stereocenters. The fourth-order valence-corrected chi connectivity index (χ4v) is 3.60. The second-order valence-corrected chi connectivity index (χ2v) is 8.55. The summed E-state index contributed by atoms with van der Waals surface area (Å²) < 4.78 is 0. The highest BCUT2D eigenvalue weighted by atomic mass is 16.2. The minimum absolute atomic E-state index is 0.135. The van der Waals surface area contributed by atoms with Crippen molar-refractivity contribution in [2.24, 2.45) is 23.5 Å². The number of hydrogen-bond acceptors (Lipinski definition) is 3. The highest BCUT2D eigenvalue weighted by Crippen LogP contribution is 2.27. The number of nitrogens with one attached hydrogen (secondary N) is 2. The van der Waals surface area contributed by atoms with E-state index in [2.05, 4.69) is 10.6 Å². The van der Waals surface area contributed by atoms with Gasteiger partial charge in [-0.1, -0.05) is 59.8 Å². The molecule has 2 atom stereocenters. The molecule has 0 bridgehead atoms. The summed E-state index contributed by atoms with van der Waals surface area (Å²) in [4.78, 5) is 36.7. The van der Waals surface area contributed by atoms with Gasteiger partial charge in [0, 0.05) is 6.42 Å². The standard InChI is InChI=1S/C20H37N3O3/c1-13(2)10-17(22-18(24)11-14(3)4)20(26)23-16(19(21)25)12-15-8-6-5-7-9-15/h13-17H,5-12H2,1-4H3,(H2,21,25)(H,22,24)(H,23,26). The molecule has 26 heavy (non-hydrogen) atoms. The van der Waals surface area contributed by atoms with Crippen LogP contribution in [0.4, 0.5) is 0 Å². The molecule has 1 aliphatic carbocycles. The van der Waals surface area contributed by atoms with E-state index in [1.165, 1.54) is 19.3 Å². The van der Waals surface area contributed by atoms with Crippen molar-refractivity contribution in [2.75, 3.05) is 0 Å². The van der Waals surface area contributed by atoms with Gasteiger partial charge >= 0.3 is 0 Å². The number of hydrogen-bond donors (Lipinski definition) is 3. The molecule has 0 radical (unpaired) electrons. The minimum Gasteiger partial charge on any atom is -0.368 e. The van der Waals surface area contributed by atoms with Gasteiger partial charge in [0.25, 0.3) is 0 Å². The van der Waals surface area contributed by atoms with Crippen LogP contribution in [0.15, 0.2) is 0 Å². The topological polar surface area (TPSA) is 101 Å². The van der Waals surface area contributed by atoms with Gasteiger partial charge in [-0.15, -0.1) is 0 Å². The second-order valence-electron chi connectivity index (χ2n) is 8.55. The predicted octanol–water partition coefficient (Wildman–Crippen LogP) is 2.50. The maximum atomic E-state index is 12.7. The first-order chi connectivity index (χ1) is 12.2. The lowest BCUT2D eigenvalue weighted by molar-refractivity contribution is -0.132. The van der Waals surface area contributed by atoms with E-state index in [9.17, 15) is 14.4 Å². The van der Waals surface area contributed by atoms with Crippen LogP contribution in [0.3, 0.4) is 0 Å². The molecule has 150 valence electrons. The van der Waals surface area contributed by atoms with E-state index in [0.29, 0.717) is 25.2 Å². The van der Waals surface area contributed by atoms with Gasteiger partial charge in [-0.25, -0.2) is 0 Å². The zero-order chi connectivity index (χ0) is 19.7. The van der Waals surface area contributed by atoms with Crippen LogP contribution < -0.4 is 16.4 Å². The van der Waals surface area contributed by atoms with Gasteiger partial charge in [-0.2, -0.15) is 0 Å². The molecule has 0 aromatic heterocycles. The Labute approximate surface area is 158 Å². The van der Waals surface area contributed by atoms with Gasteiger partial charge in [0.1, 0.15) is 12.1 Å². The molecule has 0 aromatic rings. The number of amides is 3. The van der Waals surface area contributed by atoms with Crippen molar-refractivity contribution in [3.63, 3.8) is 0 Å². The van der Waals surface area contributed by atoms with Crippen molar-refractivity contribution >= 4 is 17.7 Å². The zero-order valence-electron chi connectivity index (χ0n) is 16.8. The molecule has 6 nitrogen and oxygen atoms in total. The average molecular weight is 368 g/mol. The van der Waals surface area contributed by atoms with E-state index < -0.39 is 18.0 Å². The Morgan fingerprint density at radius 2 is 1.54 bits per heavy atom. The minimum atomic E-state index is -0.665. The molecule has 1 aliphatic rings. The van der Waals surface area contributed by atoms with Crippen LogP contribution in [0.5, 0.6) is 0 Å². The molecule has 1 saturated carbocycles. The van der Waals surface area contributed by atoms with E-state index in [1.807, 2.05) is 27.7 Å². The third kappa shape index (κ3) is 8.68. The summed E-state index contributed by atoms with van der Waals surface area (Å²) in [6.45, 7) is 7.93. The molecular weight excluding hydrogens is 330 g/mol. The summed E-state index contributed by atoms with van der Waals surface area (Å²) in [5.41, 5.74) is 5.53. The van der Waals surface area contributed by atoms with Crippen molar-refractivity contribution < 1.29 is 14.4 Å². The predicted molar refractivity (Wildman–Crippen MR) is 103 cm³/mol.